The molecule has 0 aliphatic carbocycles. The fourth-order valence-electron chi connectivity index (χ4n) is 1.70. The molecule has 126 valence electrons. The van der Waals surface area contributed by atoms with Crippen molar-refractivity contribution in [3.8, 4) is 0 Å². The van der Waals surface area contributed by atoms with Crippen LogP contribution in [0.5, 0.6) is 0 Å². The van der Waals surface area contributed by atoms with E-state index in [-0.39, 0.29) is 32.0 Å². The summed E-state index contributed by atoms with van der Waals surface area (Å²) in [5, 5.41) is 17.0. The van der Waals surface area contributed by atoms with E-state index >= 15 is 0 Å². The van der Waals surface area contributed by atoms with Crippen molar-refractivity contribution in [2.24, 2.45) is 0 Å². The van der Waals surface area contributed by atoms with E-state index in [1.807, 2.05) is 13.8 Å². The predicted molar refractivity (Wildman–Crippen MR) is 76.4 cm³/mol. The Morgan fingerprint density at radius 3 is 2.33 bits per heavy atom. The third-order valence-corrected chi connectivity index (χ3v) is 2.72. The molecule has 0 saturated carbocycles. The quantitative estimate of drug-likeness (QED) is 0.430. The Morgan fingerprint density at radius 2 is 1.71 bits per heavy atom. The molecular weight excluding hydrogens is 280 g/mol. The molecule has 0 bridgehead atoms. The highest BCUT2D eigenvalue weighted by molar-refractivity contribution is 5.67. The minimum absolute atomic E-state index is 0.0155. The van der Waals surface area contributed by atoms with Gasteiger partial charge >= 0.3 is 5.97 Å². The van der Waals surface area contributed by atoms with E-state index in [1.165, 1.54) is 0 Å². The molecule has 7 heteroatoms. The Morgan fingerprint density at radius 1 is 1.05 bits per heavy atom. The lowest BCUT2D eigenvalue weighted by Crippen LogP contribution is -2.24. The molecule has 0 amide bonds. The van der Waals surface area contributed by atoms with Crippen molar-refractivity contribution in [1.29, 1.82) is 0 Å². The maximum absolute atomic E-state index is 10.2. The second-order valence-electron chi connectivity index (χ2n) is 4.60. The van der Waals surface area contributed by atoms with Gasteiger partial charge in [0.2, 0.25) is 0 Å². The van der Waals surface area contributed by atoms with E-state index in [4.69, 9.17) is 29.2 Å². The number of carbonyl (C=O) groups is 1. The van der Waals surface area contributed by atoms with Crippen LogP contribution in [0.4, 0.5) is 0 Å². The van der Waals surface area contributed by atoms with Crippen LogP contribution < -0.4 is 0 Å². The molecule has 0 rings (SSSR count). The van der Waals surface area contributed by atoms with E-state index in [0.717, 1.165) is 12.8 Å². The van der Waals surface area contributed by atoms with Gasteiger partial charge in [0.15, 0.2) is 0 Å². The number of carboxylic acids is 1. The summed E-state index contributed by atoms with van der Waals surface area (Å²) >= 11 is 0. The molecule has 21 heavy (non-hydrogen) atoms. The number of aliphatic hydroxyl groups excluding tert-OH is 1. The predicted octanol–water partition coefficient (Wildman–Crippen LogP) is 0.687. The monoisotopic (exact) mass is 308 g/mol. The molecule has 2 atom stereocenters. The molecule has 0 aromatic heterocycles. The minimum Gasteiger partial charge on any atom is -0.480 e. The molecule has 0 radical (unpaired) electrons. The third-order valence-electron chi connectivity index (χ3n) is 2.72. The summed E-state index contributed by atoms with van der Waals surface area (Å²) < 4.78 is 21.2. The van der Waals surface area contributed by atoms with Crippen LogP contribution in [-0.4, -0.2) is 74.6 Å². The summed E-state index contributed by atoms with van der Waals surface area (Å²) in [6.45, 7) is 5.64. The number of hydrogen-bond donors (Lipinski definition) is 2. The molecule has 0 heterocycles. The van der Waals surface area contributed by atoms with Gasteiger partial charge in [-0.05, 0) is 19.8 Å². The molecule has 2 N–H and O–H groups in total. The molecule has 0 aliphatic heterocycles. The van der Waals surface area contributed by atoms with Crippen LogP contribution in [0.25, 0.3) is 0 Å². The van der Waals surface area contributed by atoms with Crippen molar-refractivity contribution in [3.05, 3.63) is 0 Å². The number of carboxylic acid groups (broad SMARTS) is 1. The Balaban J connectivity index is 3.58. The Hall–Kier alpha value is -0.730. The first kappa shape index (κ1) is 20.3. The highest BCUT2D eigenvalue weighted by Crippen LogP contribution is 2.09. The number of aliphatic hydroxyl groups is 1. The van der Waals surface area contributed by atoms with Gasteiger partial charge < -0.3 is 29.2 Å². The van der Waals surface area contributed by atoms with Gasteiger partial charge in [-0.25, -0.2) is 4.79 Å². The summed E-state index contributed by atoms with van der Waals surface area (Å²) in [4.78, 5) is 10.2. The van der Waals surface area contributed by atoms with Gasteiger partial charge in [-0.2, -0.15) is 0 Å². The van der Waals surface area contributed by atoms with Crippen LogP contribution in [0.3, 0.4) is 0 Å². The van der Waals surface area contributed by atoms with Crippen molar-refractivity contribution in [1.82, 2.24) is 0 Å². The zero-order valence-corrected chi connectivity index (χ0v) is 13.0. The van der Waals surface area contributed by atoms with Gasteiger partial charge in [0, 0.05) is 0 Å². The van der Waals surface area contributed by atoms with Crippen molar-refractivity contribution >= 4 is 5.97 Å². The Bertz CT molecular complexity index is 247. The van der Waals surface area contributed by atoms with Gasteiger partial charge in [-0.1, -0.05) is 6.92 Å². The highest BCUT2D eigenvalue weighted by atomic mass is 16.5. The summed E-state index contributed by atoms with van der Waals surface area (Å²) in [5.41, 5.74) is 0. The average molecular weight is 308 g/mol. The van der Waals surface area contributed by atoms with Gasteiger partial charge in [0.25, 0.3) is 0 Å². The smallest absolute Gasteiger partial charge is 0.329 e. The third kappa shape index (κ3) is 14.0. The SMILES string of the molecule is CCC(CC(C)OCCOCC(=O)O)OCCOCCO. The van der Waals surface area contributed by atoms with E-state index in [0.29, 0.717) is 26.4 Å². The van der Waals surface area contributed by atoms with Crippen LogP contribution in [0.2, 0.25) is 0 Å². The van der Waals surface area contributed by atoms with Gasteiger partial charge in [0.05, 0.1) is 51.8 Å². The van der Waals surface area contributed by atoms with E-state index < -0.39 is 5.97 Å². The molecule has 7 nitrogen and oxygen atoms in total. The Labute approximate surface area is 126 Å². The Kier molecular flexibility index (Phi) is 13.7. The lowest BCUT2D eigenvalue weighted by molar-refractivity contribution is -0.143. The van der Waals surface area contributed by atoms with Crippen LogP contribution >= 0.6 is 0 Å². The zero-order chi connectivity index (χ0) is 15.9. The number of rotatable bonds is 15. The van der Waals surface area contributed by atoms with Crippen LogP contribution in [0.15, 0.2) is 0 Å². The molecule has 2 unspecified atom stereocenters. The summed E-state index contributed by atoms with van der Waals surface area (Å²) in [5.74, 6) is -0.981. The number of aliphatic carboxylic acids is 1. The van der Waals surface area contributed by atoms with Crippen molar-refractivity contribution in [3.63, 3.8) is 0 Å². The van der Waals surface area contributed by atoms with Crippen LogP contribution in [0.1, 0.15) is 26.7 Å². The largest absolute Gasteiger partial charge is 0.480 e. The topological polar surface area (TPSA) is 94.5 Å². The summed E-state index contributed by atoms with van der Waals surface area (Å²) in [7, 11) is 0. The molecule has 0 spiro atoms. The molecule has 0 aromatic rings. The van der Waals surface area contributed by atoms with Crippen molar-refractivity contribution in [2.45, 2.75) is 38.9 Å². The molecule has 0 aliphatic rings. The van der Waals surface area contributed by atoms with Gasteiger partial charge in [-0.15, -0.1) is 0 Å². The maximum atomic E-state index is 10.2. The standard InChI is InChI=1S/C14H28O7/c1-3-13(21-9-6-18-5-4-15)10-12(2)20-8-7-19-11-14(16)17/h12-13,15H,3-11H2,1-2H3,(H,16,17). The van der Waals surface area contributed by atoms with Gasteiger partial charge in [-0.3, -0.25) is 0 Å². The van der Waals surface area contributed by atoms with E-state index in [9.17, 15) is 4.79 Å². The van der Waals surface area contributed by atoms with E-state index in [1.54, 1.807) is 0 Å². The molecule has 0 aromatic carbocycles. The summed E-state index contributed by atoms with van der Waals surface area (Å²) in [6.07, 6.45) is 1.75. The zero-order valence-electron chi connectivity index (χ0n) is 13.0. The first-order chi connectivity index (χ1) is 10.1. The van der Waals surface area contributed by atoms with E-state index in [2.05, 4.69) is 0 Å². The lowest BCUT2D eigenvalue weighted by Gasteiger charge is -2.20. The lowest BCUT2D eigenvalue weighted by atomic mass is 10.1. The average Bonchev–Trinajstić information content (AvgIpc) is 2.45. The maximum Gasteiger partial charge on any atom is 0.329 e. The number of ether oxygens (including phenoxy) is 4. The normalized spacial score (nSPS) is 14.0. The minimum atomic E-state index is -0.981. The first-order valence-electron chi connectivity index (χ1n) is 7.31. The van der Waals surface area contributed by atoms with Crippen molar-refractivity contribution in [2.75, 3.05) is 46.2 Å². The first-order valence-corrected chi connectivity index (χ1v) is 7.31. The molecule has 0 saturated heterocycles. The fraction of sp³-hybridized carbons (Fsp3) is 0.929. The van der Waals surface area contributed by atoms with Crippen LogP contribution in [-0.2, 0) is 23.7 Å². The molecular formula is C14H28O7. The summed E-state index contributed by atoms with van der Waals surface area (Å²) in [6, 6.07) is 0. The van der Waals surface area contributed by atoms with Crippen LogP contribution in [0, 0.1) is 0 Å². The highest BCUT2D eigenvalue weighted by Gasteiger charge is 2.12. The second kappa shape index (κ2) is 14.2. The number of hydrogen-bond acceptors (Lipinski definition) is 6. The second-order valence-corrected chi connectivity index (χ2v) is 4.60. The molecule has 0 fully saturated rings. The van der Waals surface area contributed by atoms with Crippen molar-refractivity contribution < 1.29 is 34.0 Å². The van der Waals surface area contributed by atoms with Gasteiger partial charge in [0.1, 0.15) is 6.61 Å². The fourth-order valence-corrected chi connectivity index (χ4v) is 1.70.